The second-order valence-electron chi connectivity index (χ2n) is 5.17. The zero-order chi connectivity index (χ0) is 18.1. The van der Waals surface area contributed by atoms with E-state index in [2.05, 4.69) is 15.9 Å². The van der Waals surface area contributed by atoms with Crippen LogP contribution in [0.5, 0.6) is 5.75 Å². The fraction of sp³-hybridized carbons (Fsp3) is 0.250. The molecule has 0 N–H and O–H groups in total. The largest absolute Gasteiger partial charge is 0.496 e. The maximum Gasteiger partial charge on any atom is 0.243 e. The van der Waals surface area contributed by atoms with Gasteiger partial charge in [-0.25, -0.2) is 17.2 Å². The minimum atomic E-state index is -3.83. The van der Waals surface area contributed by atoms with Crippen molar-refractivity contribution in [3.8, 4) is 5.75 Å². The Morgan fingerprint density at radius 1 is 1.12 bits per heavy atom. The Labute approximate surface area is 148 Å². The smallest absolute Gasteiger partial charge is 0.243 e. The lowest BCUT2D eigenvalue weighted by Gasteiger charge is -2.25. The van der Waals surface area contributed by atoms with Crippen molar-refractivity contribution in [2.24, 2.45) is 0 Å². The topological polar surface area (TPSA) is 46.6 Å². The first-order valence-electron chi connectivity index (χ1n) is 6.95. The van der Waals surface area contributed by atoms with Gasteiger partial charge in [-0.15, -0.1) is 0 Å². The molecule has 0 radical (unpaired) electrons. The molecule has 1 unspecified atom stereocenters. The van der Waals surface area contributed by atoms with Gasteiger partial charge < -0.3 is 4.74 Å². The molecule has 130 valence electrons. The van der Waals surface area contributed by atoms with Crippen LogP contribution >= 0.6 is 15.9 Å². The van der Waals surface area contributed by atoms with Gasteiger partial charge in [0.25, 0.3) is 0 Å². The van der Waals surface area contributed by atoms with Crippen LogP contribution in [-0.4, -0.2) is 26.9 Å². The maximum atomic E-state index is 13.4. The number of methoxy groups -OCH3 is 1. The summed E-state index contributed by atoms with van der Waals surface area (Å²) in [7, 11) is -0.959. The number of rotatable bonds is 5. The van der Waals surface area contributed by atoms with Crippen LogP contribution in [0.2, 0.25) is 0 Å². The quantitative estimate of drug-likeness (QED) is 0.732. The summed E-state index contributed by atoms with van der Waals surface area (Å²) < 4.78 is 58.6. The minimum absolute atomic E-state index is 0.0621. The Morgan fingerprint density at radius 3 is 2.33 bits per heavy atom. The second kappa shape index (κ2) is 7.16. The summed E-state index contributed by atoms with van der Waals surface area (Å²) in [6, 6.07) is 7.05. The number of benzene rings is 2. The van der Waals surface area contributed by atoms with E-state index >= 15 is 0 Å². The highest BCUT2D eigenvalue weighted by Crippen LogP contribution is 2.31. The number of nitrogens with zero attached hydrogens (tertiary/aromatic N) is 1. The molecule has 0 aliphatic heterocycles. The molecule has 0 aromatic heterocycles. The van der Waals surface area contributed by atoms with Gasteiger partial charge in [-0.05, 0) is 58.7 Å². The van der Waals surface area contributed by atoms with Crippen LogP contribution in [-0.2, 0) is 10.0 Å². The molecular weight excluding hydrogens is 404 g/mol. The van der Waals surface area contributed by atoms with Gasteiger partial charge in [0.2, 0.25) is 10.0 Å². The zero-order valence-corrected chi connectivity index (χ0v) is 15.7. The van der Waals surface area contributed by atoms with Crippen molar-refractivity contribution >= 4 is 26.0 Å². The number of ether oxygens (including phenoxy) is 1. The van der Waals surface area contributed by atoms with E-state index < -0.39 is 27.7 Å². The van der Waals surface area contributed by atoms with Crippen LogP contribution in [0, 0.1) is 11.6 Å². The summed E-state index contributed by atoms with van der Waals surface area (Å²) >= 11 is 3.25. The summed E-state index contributed by atoms with van der Waals surface area (Å²) in [6.07, 6.45) is 0. The second-order valence-corrected chi connectivity index (χ2v) is 8.02. The van der Waals surface area contributed by atoms with Crippen molar-refractivity contribution in [2.45, 2.75) is 17.9 Å². The van der Waals surface area contributed by atoms with Crippen LogP contribution in [0.1, 0.15) is 18.5 Å². The summed E-state index contributed by atoms with van der Waals surface area (Å²) in [5.74, 6) is -1.49. The van der Waals surface area contributed by atoms with E-state index in [1.165, 1.54) is 38.4 Å². The SMILES string of the molecule is COc1ccc(S(=O)(=O)N(C)C(C)c2ccc(F)c(F)c2)cc1Br. The van der Waals surface area contributed by atoms with Gasteiger partial charge >= 0.3 is 0 Å². The van der Waals surface area contributed by atoms with Crippen molar-refractivity contribution in [2.75, 3.05) is 14.2 Å². The molecule has 0 bridgehead atoms. The lowest BCUT2D eigenvalue weighted by molar-refractivity contribution is 0.395. The van der Waals surface area contributed by atoms with Crippen molar-refractivity contribution in [1.82, 2.24) is 4.31 Å². The average Bonchev–Trinajstić information content (AvgIpc) is 2.55. The molecule has 2 aromatic carbocycles. The van der Waals surface area contributed by atoms with Gasteiger partial charge in [0.05, 0.1) is 16.5 Å². The highest BCUT2D eigenvalue weighted by molar-refractivity contribution is 9.10. The molecule has 0 aliphatic rings. The fourth-order valence-electron chi connectivity index (χ4n) is 2.16. The van der Waals surface area contributed by atoms with E-state index in [-0.39, 0.29) is 4.90 Å². The lowest BCUT2D eigenvalue weighted by atomic mass is 10.1. The van der Waals surface area contributed by atoms with Crippen LogP contribution < -0.4 is 4.74 Å². The Hall–Kier alpha value is -1.51. The first-order chi connectivity index (χ1) is 11.2. The maximum absolute atomic E-state index is 13.4. The van der Waals surface area contributed by atoms with Crippen LogP contribution in [0.3, 0.4) is 0 Å². The predicted octanol–water partition coefficient (Wildman–Crippen LogP) is 4.12. The van der Waals surface area contributed by atoms with Gasteiger partial charge in [0.15, 0.2) is 11.6 Å². The minimum Gasteiger partial charge on any atom is -0.496 e. The number of halogens is 3. The predicted molar refractivity (Wildman–Crippen MR) is 90.4 cm³/mol. The van der Waals surface area contributed by atoms with E-state index in [0.717, 1.165) is 16.4 Å². The molecule has 24 heavy (non-hydrogen) atoms. The van der Waals surface area contributed by atoms with E-state index in [1.54, 1.807) is 6.92 Å². The van der Waals surface area contributed by atoms with Gasteiger partial charge in [-0.2, -0.15) is 4.31 Å². The first-order valence-corrected chi connectivity index (χ1v) is 9.18. The Bertz CT molecular complexity index is 858. The molecular formula is C16H16BrF2NO3S. The molecule has 0 saturated carbocycles. The van der Waals surface area contributed by atoms with Crippen LogP contribution in [0.4, 0.5) is 8.78 Å². The summed E-state index contributed by atoms with van der Waals surface area (Å²) in [5.41, 5.74) is 0.354. The van der Waals surface area contributed by atoms with Crippen molar-refractivity contribution in [3.63, 3.8) is 0 Å². The fourth-order valence-corrected chi connectivity index (χ4v) is 4.23. The summed E-state index contributed by atoms with van der Waals surface area (Å²) in [5, 5.41) is 0. The van der Waals surface area contributed by atoms with Gasteiger partial charge in [0.1, 0.15) is 5.75 Å². The normalized spacial score (nSPS) is 13.1. The van der Waals surface area contributed by atoms with E-state index in [0.29, 0.717) is 15.8 Å². The highest BCUT2D eigenvalue weighted by atomic mass is 79.9. The van der Waals surface area contributed by atoms with Crippen molar-refractivity contribution < 1.29 is 21.9 Å². The molecule has 0 fully saturated rings. The molecule has 8 heteroatoms. The highest BCUT2D eigenvalue weighted by Gasteiger charge is 2.27. The van der Waals surface area contributed by atoms with Gasteiger partial charge in [-0.3, -0.25) is 0 Å². The average molecular weight is 420 g/mol. The van der Waals surface area contributed by atoms with Crippen LogP contribution in [0.25, 0.3) is 0 Å². The molecule has 2 aromatic rings. The third kappa shape index (κ3) is 3.60. The monoisotopic (exact) mass is 419 g/mol. The molecule has 0 amide bonds. The summed E-state index contributed by atoms with van der Waals surface area (Å²) in [6.45, 7) is 1.60. The number of sulfonamides is 1. The van der Waals surface area contributed by atoms with Crippen molar-refractivity contribution in [3.05, 3.63) is 58.1 Å². The molecule has 0 saturated heterocycles. The molecule has 0 heterocycles. The lowest BCUT2D eigenvalue weighted by Crippen LogP contribution is -2.30. The molecule has 4 nitrogen and oxygen atoms in total. The van der Waals surface area contributed by atoms with E-state index in [4.69, 9.17) is 4.74 Å². The summed E-state index contributed by atoms with van der Waals surface area (Å²) in [4.78, 5) is 0.0621. The Morgan fingerprint density at radius 2 is 1.79 bits per heavy atom. The van der Waals surface area contributed by atoms with Crippen molar-refractivity contribution in [1.29, 1.82) is 0 Å². The molecule has 0 aliphatic carbocycles. The van der Waals surface area contributed by atoms with Gasteiger partial charge in [-0.1, -0.05) is 6.07 Å². The van der Waals surface area contributed by atoms with E-state index in [9.17, 15) is 17.2 Å². The van der Waals surface area contributed by atoms with Crippen LogP contribution in [0.15, 0.2) is 45.8 Å². The number of hydrogen-bond acceptors (Lipinski definition) is 3. The third-order valence-corrected chi connectivity index (χ3v) is 6.32. The zero-order valence-electron chi connectivity index (χ0n) is 13.3. The Balaban J connectivity index is 2.37. The molecule has 0 spiro atoms. The standard InChI is InChI=1S/C16H16BrF2NO3S/c1-10(11-4-6-14(18)15(19)8-11)20(2)24(21,22)12-5-7-16(23-3)13(17)9-12/h4-10H,1-3H3. The number of hydrogen-bond donors (Lipinski definition) is 0. The Kier molecular flexibility index (Phi) is 5.62. The molecule has 2 rings (SSSR count). The van der Waals surface area contributed by atoms with E-state index in [1.807, 2.05) is 0 Å². The molecule has 1 atom stereocenters. The van der Waals surface area contributed by atoms with Gasteiger partial charge in [0, 0.05) is 13.1 Å². The third-order valence-electron chi connectivity index (χ3n) is 3.77. The first kappa shape index (κ1) is 18.8.